The molecule has 1 saturated heterocycles. The lowest BCUT2D eigenvalue weighted by molar-refractivity contribution is -0.144. The number of fused-ring (bicyclic) bond motifs is 1. The molecule has 2 aliphatic heterocycles. The molecule has 43 heavy (non-hydrogen) atoms. The average molecular weight is 615 g/mol. The lowest BCUT2D eigenvalue weighted by atomic mass is 9.95. The summed E-state index contributed by atoms with van der Waals surface area (Å²) in [5.41, 5.74) is 5.66. The fraction of sp³-hybridized carbons (Fsp3) is 0.300. The number of likely N-dealkylation sites (N-methyl/N-ethyl adjacent to an activating group) is 1. The molecular weight excluding hydrogens is 581 g/mol. The third-order valence-electron chi connectivity index (χ3n) is 7.63. The number of aldehydes is 1. The van der Waals surface area contributed by atoms with E-state index in [0.29, 0.717) is 46.8 Å². The van der Waals surface area contributed by atoms with Crippen LogP contribution in [0.25, 0.3) is 11.3 Å². The zero-order valence-corrected chi connectivity index (χ0v) is 24.4. The van der Waals surface area contributed by atoms with E-state index in [1.807, 2.05) is 19.2 Å². The molecule has 9 nitrogen and oxygen atoms in total. The fourth-order valence-corrected chi connectivity index (χ4v) is 5.53. The second kappa shape index (κ2) is 13.8. The first-order valence-electron chi connectivity index (χ1n) is 13.6. The number of aliphatic imine (C=N–C) groups is 1. The molecule has 2 unspecified atom stereocenters. The smallest absolute Gasteiger partial charge is 0.381 e. The lowest BCUT2D eigenvalue weighted by Crippen LogP contribution is -2.39. The Labute approximate surface area is 253 Å². The SMILES string of the molecule is C=N/C=C(\NCC1CC/C(=C/C(=C\C=O)c2cc(Cl)ccc2N(N)/C=N\N)N1C)c1ccc2c(c1)CCC(C(F)(F)F)N2. The molecule has 0 aromatic heterocycles. The van der Waals surface area contributed by atoms with Gasteiger partial charge >= 0.3 is 6.18 Å². The Bertz CT molecular complexity index is 1470. The first-order valence-corrected chi connectivity index (χ1v) is 14.0. The van der Waals surface area contributed by atoms with Crippen LogP contribution < -0.4 is 27.3 Å². The monoisotopic (exact) mass is 614 g/mol. The number of carbonyl (C=O) groups is 1. The molecule has 0 bridgehead atoms. The van der Waals surface area contributed by atoms with Crippen LogP contribution in [-0.4, -0.2) is 56.1 Å². The Morgan fingerprint density at radius 2 is 2.05 bits per heavy atom. The molecule has 2 atom stereocenters. The van der Waals surface area contributed by atoms with Crippen LogP contribution in [0.1, 0.15) is 36.0 Å². The molecule has 228 valence electrons. The number of nitrogens with zero attached hydrogens (tertiary/aromatic N) is 4. The summed E-state index contributed by atoms with van der Waals surface area (Å²) < 4.78 is 39.6. The molecule has 2 aromatic rings. The first-order chi connectivity index (χ1) is 20.5. The third kappa shape index (κ3) is 7.57. The molecular formula is C30H34ClF3N8O. The van der Waals surface area contributed by atoms with Crippen molar-refractivity contribution < 1.29 is 18.0 Å². The number of hydrazone groups is 1. The maximum atomic E-state index is 13.2. The van der Waals surface area contributed by atoms with Gasteiger partial charge in [0.25, 0.3) is 0 Å². The minimum absolute atomic E-state index is 0.0186. The number of anilines is 2. The number of nitrogens with two attached hydrogens (primary N) is 2. The molecule has 2 heterocycles. The van der Waals surface area contributed by atoms with Crippen molar-refractivity contribution in [1.82, 2.24) is 10.2 Å². The van der Waals surface area contributed by atoms with Crippen molar-refractivity contribution in [3.8, 4) is 0 Å². The van der Waals surface area contributed by atoms with Crippen LogP contribution in [0.15, 0.2) is 70.5 Å². The second-order valence-electron chi connectivity index (χ2n) is 10.3. The van der Waals surface area contributed by atoms with Gasteiger partial charge in [0.05, 0.1) is 11.4 Å². The van der Waals surface area contributed by atoms with E-state index in [-0.39, 0.29) is 12.5 Å². The standard InChI is InChI=1S/C30H34ClF3N8O/c1-37-17-27(21-3-8-26-20(13-21)4-10-29(40-26)30(32,33)34)38-16-24-7-6-23(41(24)2)14-19(11-12-43)25-15-22(31)5-9-28(25)42(36)18-39-35/h3,5,8-9,11-15,17-18,24,29,38,40H,1,4,6-7,10,16,35-36H2,2H3/b19-11+,23-14-,27-17-,39-18-. The van der Waals surface area contributed by atoms with Crippen molar-refractivity contribution >= 4 is 53.6 Å². The molecule has 0 spiro atoms. The van der Waals surface area contributed by atoms with Crippen LogP contribution >= 0.6 is 11.6 Å². The van der Waals surface area contributed by atoms with Gasteiger partial charge in [-0.15, -0.1) is 0 Å². The Morgan fingerprint density at radius 3 is 2.74 bits per heavy atom. The summed E-state index contributed by atoms with van der Waals surface area (Å²) in [6, 6.07) is 9.02. The number of likely N-dealkylation sites (tertiary alicyclic amines) is 1. The van der Waals surface area contributed by atoms with Crippen LogP contribution in [0.5, 0.6) is 0 Å². The highest BCUT2D eigenvalue weighted by Gasteiger charge is 2.41. The van der Waals surface area contributed by atoms with Crippen LogP contribution in [0, 0.1) is 0 Å². The van der Waals surface area contributed by atoms with E-state index in [0.717, 1.165) is 35.4 Å². The van der Waals surface area contributed by atoms with Gasteiger partial charge in [-0.2, -0.15) is 18.3 Å². The summed E-state index contributed by atoms with van der Waals surface area (Å²) in [4.78, 5) is 17.7. The first kappa shape index (κ1) is 31.6. The minimum Gasteiger partial charge on any atom is -0.381 e. The topological polar surface area (TPSA) is 124 Å². The summed E-state index contributed by atoms with van der Waals surface area (Å²) in [7, 11) is 1.98. The van der Waals surface area contributed by atoms with Gasteiger partial charge in [-0.05, 0) is 91.6 Å². The van der Waals surface area contributed by atoms with Crippen molar-refractivity contribution in [2.45, 2.75) is 43.9 Å². The number of nitrogens with one attached hydrogen (secondary N) is 2. The van der Waals surface area contributed by atoms with Crippen LogP contribution in [0.3, 0.4) is 0 Å². The molecule has 0 aliphatic carbocycles. The van der Waals surface area contributed by atoms with Crippen LogP contribution in [-0.2, 0) is 11.2 Å². The van der Waals surface area contributed by atoms with Crippen molar-refractivity contribution in [3.63, 3.8) is 0 Å². The summed E-state index contributed by atoms with van der Waals surface area (Å²) in [5.74, 6) is 11.4. The maximum Gasteiger partial charge on any atom is 0.408 e. The van der Waals surface area contributed by atoms with Gasteiger partial charge in [0.15, 0.2) is 0 Å². The molecule has 2 aromatic carbocycles. The highest BCUT2D eigenvalue weighted by molar-refractivity contribution is 6.31. The van der Waals surface area contributed by atoms with Gasteiger partial charge < -0.3 is 21.4 Å². The molecule has 0 amide bonds. The fourth-order valence-electron chi connectivity index (χ4n) is 5.35. The molecule has 13 heteroatoms. The number of alkyl halides is 3. The highest BCUT2D eigenvalue weighted by Crippen LogP contribution is 2.36. The predicted molar refractivity (Wildman–Crippen MR) is 167 cm³/mol. The van der Waals surface area contributed by atoms with E-state index in [9.17, 15) is 18.0 Å². The van der Waals surface area contributed by atoms with E-state index in [1.54, 1.807) is 36.5 Å². The zero-order chi connectivity index (χ0) is 31.1. The minimum atomic E-state index is -4.29. The molecule has 6 N–H and O–H groups in total. The van der Waals surface area contributed by atoms with E-state index < -0.39 is 12.2 Å². The van der Waals surface area contributed by atoms with Crippen LogP contribution in [0.2, 0.25) is 5.02 Å². The third-order valence-corrected chi connectivity index (χ3v) is 7.87. The van der Waals surface area contributed by atoms with Crippen molar-refractivity contribution in [3.05, 3.63) is 82.2 Å². The van der Waals surface area contributed by atoms with Crippen LogP contribution in [0.4, 0.5) is 24.5 Å². The van der Waals surface area contributed by atoms with Gasteiger partial charge in [-0.1, -0.05) is 17.7 Å². The number of halogens is 4. The van der Waals surface area contributed by atoms with Crippen molar-refractivity contribution in [1.29, 1.82) is 0 Å². The van der Waals surface area contributed by atoms with E-state index in [2.05, 4.69) is 32.3 Å². The van der Waals surface area contributed by atoms with Gasteiger partial charge in [0.1, 0.15) is 18.7 Å². The lowest BCUT2D eigenvalue weighted by Gasteiger charge is -2.29. The highest BCUT2D eigenvalue weighted by atomic mass is 35.5. The molecule has 0 saturated carbocycles. The van der Waals surface area contributed by atoms with E-state index >= 15 is 0 Å². The van der Waals surface area contributed by atoms with E-state index in [4.69, 9.17) is 23.3 Å². The van der Waals surface area contributed by atoms with Gasteiger partial charge in [0.2, 0.25) is 0 Å². The van der Waals surface area contributed by atoms with Gasteiger partial charge in [0, 0.05) is 47.8 Å². The number of hydrogen-bond acceptors (Lipinski definition) is 8. The number of hydrazine groups is 1. The van der Waals surface area contributed by atoms with Gasteiger partial charge in [-0.25, -0.2) is 5.84 Å². The zero-order valence-electron chi connectivity index (χ0n) is 23.6. The summed E-state index contributed by atoms with van der Waals surface area (Å²) in [6.07, 6.45) is 4.57. The Balaban J connectivity index is 1.50. The van der Waals surface area contributed by atoms with Gasteiger partial charge in [-0.3, -0.25) is 14.8 Å². The largest absolute Gasteiger partial charge is 0.408 e. The second-order valence-corrected chi connectivity index (χ2v) is 10.7. The average Bonchev–Trinajstić information content (AvgIpc) is 3.32. The normalized spacial score (nSPS) is 20.2. The number of allylic oxidation sites excluding steroid dienone is 4. The molecule has 4 rings (SSSR count). The Kier molecular flexibility index (Phi) is 10.1. The summed E-state index contributed by atoms with van der Waals surface area (Å²) >= 11 is 6.28. The molecule has 0 radical (unpaired) electrons. The maximum absolute atomic E-state index is 13.2. The summed E-state index contributed by atoms with van der Waals surface area (Å²) in [5, 5.41) is 11.3. The van der Waals surface area contributed by atoms with Crippen molar-refractivity contribution in [2.75, 3.05) is 23.9 Å². The number of rotatable bonds is 10. The predicted octanol–water partition coefficient (Wildman–Crippen LogP) is 5.06. The number of hydrogen-bond donors (Lipinski definition) is 4. The number of carbonyl (C=O) groups excluding carboxylic acids is 1. The van der Waals surface area contributed by atoms with E-state index in [1.165, 1.54) is 17.4 Å². The molecule has 1 fully saturated rings. The Morgan fingerprint density at radius 1 is 1.26 bits per heavy atom. The Hall–Kier alpha value is -4.29. The molecule has 2 aliphatic rings. The summed E-state index contributed by atoms with van der Waals surface area (Å²) in [6.45, 7) is 4.15. The number of benzene rings is 2. The quantitative estimate of drug-likeness (QED) is 0.0736. The van der Waals surface area contributed by atoms with Crippen molar-refractivity contribution in [2.24, 2.45) is 21.8 Å². The number of aryl methyl sites for hydroxylation is 1.